The normalized spacial score (nSPS) is 14.7. The van der Waals surface area contributed by atoms with Crippen LogP contribution in [-0.2, 0) is 0 Å². The molecule has 0 atom stereocenters. The van der Waals surface area contributed by atoms with E-state index in [9.17, 15) is 8.78 Å². The van der Waals surface area contributed by atoms with E-state index in [0.717, 1.165) is 38.9 Å². The summed E-state index contributed by atoms with van der Waals surface area (Å²) in [5.41, 5.74) is 2.16. The van der Waals surface area contributed by atoms with E-state index >= 15 is 0 Å². The average molecular weight is 667 g/mol. The highest BCUT2D eigenvalue weighted by Gasteiger charge is 2.18. The fourth-order valence-electron chi connectivity index (χ4n) is 5.14. The maximum atomic E-state index is 13.0. The Morgan fingerprint density at radius 1 is 0.705 bits per heavy atom. The van der Waals surface area contributed by atoms with Crippen molar-refractivity contribution >= 4 is 40.1 Å². The zero-order valence-corrected chi connectivity index (χ0v) is 26.6. The van der Waals surface area contributed by atoms with Crippen LogP contribution in [0.15, 0.2) is 65.4 Å². The Kier molecular flexibility index (Phi) is 12.6. The van der Waals surface area contributed by atoms with E-state index in [-0.39, 0.29) is 11.6 Å². The highest BCUT2D eigenvalue weighted by molar-refractivity contribution is 9.10. The van der Waals surface area contributed by atoms with E-state index in [4.69, 9.17) is 10.0 Å². The maximum absolute atomic E-state index is 13.0. The summed E-state index contributed by atoms with van der Waals surface area (Å²) in [6, 6.07) is 12.5. The third-order valence-electron chi connectivity index (χ3n) is 7.49. The van der Waals surface area contributed by atoms with Crippen LogP contribution in [0.5, 0.6) is 0 Å². The van der Waals surface area contributed by atoms with Crippen molar-refractivity contribution < 1.29 is 18.8 Å². The van der Waals surface area contributed by atoms with Crippen LogP contribution in [0.25, 0.3) is 11.1 Å². The van der Waals surface area contributed by atoms with Crippen molar-refractivity contribution in [1.29, 1.82) is 0 Å². The van der Waals surface area contributed by atoms with E-state index in [1.54, 1.807) is 18.3 Å². The number of anilines is 2. The molecule has 2 aliphatic carbocycles. The van der Waals surface area contributed by atoms with E-state index in [1.807, 2.05) is 20.0 Å². The molecule has 2 saturated carbocycles. The summed E-state index contributed by atoms with van der Waals surface area (Å²) in [4.78, 5) is 17.3. The number of benzene rings is 2. The third kappa shape index (κ3) is 10.3. The first-order valence-corrected chi connectivity index (χ1v) is 15.7. The Hall–Kier alpha value is -3.48. The molecule has 2 heterocycles. The Labute approximate surface area is 266 Å². The first kappa shape index (κ1) is 33.4. The molecule has 4 aromatic rings. The molecule has 6 rings (SSSR count). The van der Waals surface area contributed by atoms with Gasteiger partial charge in [0.2, 0.25) is 0 Å². The van der Waals surface area contributed by atoms with Gasteiger partial charge in [-0.15, -0.1) is 0 Å². The van der Waals surface area contributed by atoms with Crippen LogP contribution in [0.2, 0.25) is 0 Å². The Bertz CT molecular complexity index is 1470. The minimum Gasteiger partial charge on any atom is -0.423 e. The van der Waals surface area contributed by atoms with Crippen molar-refractivity contribution in [3.05, 3.63) is 88.7 Å². The molecule has 44 heavy (non-hydrogen) atoms. The molecule has 0 bridgehead atoms. The van der Waals surface area contributed by atoms with Gasteiger partial charge in [-0.1, -0.05) is 49.9 Å². The van der Waals surface area contributed by atoms with Crippen molar-refractivity contribution in [2.75, 3.05) is 10.6 Å². The van der Waals surface area contributed by atoms with Crippen LogP contribution < -0.4 is 16.1 Å². The Morgan fingerprint density at radius 2 is 1.16 bits per heavy atom. The van der Waals surface area contributed by atoms with Gasteiger partial charge < -0.3 is 20.7 Å². The summed E-state index contributed by atoms with van der Waals surface area (Å²) >= 11 is 3.45. The largest absolute Gasteiger partial charge is 0.488 e. The number of nitrogens with one attached hydrogen (secondary N) is 2. The van der Waals surface area contributed by atoms with Gasteiger partial charge in [-0.3, -0.25) is 0 Å². The number of rotatable bonds is 6. The molecule has 0 saturated heterocycles. The molecule has 0 radical (unpaired) electrons. The summed E-state index contributed by atoms with van der Waals surface area (Å²) in [5.74, 6) is 2.74. The minimum atomic E-state index is -1.51. The van der Waals surface area contributed by atoms with Gasteiger partial charge in [0.15, 0.2) is 0 Å². The van der Waals surface area contributed by atoms with E-state index in [1.165, 1.54) is 87.8 Å². The fourth-order valence-corrected chi connectivity index (χ4v) is 5.44. The molecule has 2 aliphatic rings. The summed E-state index contributed by atoms with van der Waals surface area (Å²) < 4.78 is 26.2. The Balaban J connectivity index is 0.000000161. The summed E-state index contributed by atoms with van der Waals surface area (Å²) in [6.07, 6.45) is 13.7. The lowest BCUT2D eigenvalue weighted by molar-refractivity contribution is 0.425. The van der Waals surface area contributed by atoms with Crippen molar-refractivity contribution in [3.63, 3.8) is 0 Å². The molecule has 0 unspecified atom stereocenters. The lowest BCUT2D eigenvalue weighted by Gasteiger charge is -2.16. The van der Waals surface area contributed by atoms with Crippen LogP contribution in [0.4, 0.5) is 20.4 Å². The van der Waals surface area contributed by atoms with Gasteiger partial charge >= 0.3 is 7.12 Å². The van der Waals surface area contributed by atoms with Gasteiger partial charge in [-0.2, -0.15) is 0 Å². The zero-order valence-electron chi connectivity index (χ0n) is 25.0. The number of hydrogen-bond acceptors (Lipinski definition) is 8. The van der Waals surface area contributed by atoms with Crippen LogP contribution >= 0.6 is 15.9 Å². The van der Waals surface area contributed by atoms with Crippen LogP contribution in [0, 0.1) is 25.5 Å². The van der Waals surface area contributed by atoms with Gasteiger partial charge in [-0.05, 0) is 90.8 Å². The quantitative estimate of drug-likeness (QED) is 0.176. The fraction of sp³-hybridized carbons (Fsp3) is 0.375. The van der Waals surface area contributed by atoms with Gasteiger partial charge in [0, 0.05) is 30.0 Å². The second kappa shape index (κ2) is 16.6. The number of halogens is 3. The number of aryl methyl sites for hydroxylation is 2. The van der Waals surface area contributed by atoms with Crippen LogP contribution in [0.3, 0.4) is 0 Å². The van der Waals surface area contributed by atoms with Gasteiger partial charge in [0.05, 0.1) is 4.47 Å². The number of nitrogens with zero attached hydrogens (tertiary/aromatic N) is 4. The van der Waals surface area contributed by atoms with Gasteiger partial charge in [0.25, 0.3) is 0 Å². The predicted molar refractivity (Wildman–Crippen MR) is 175 cm³/mol. The lowest BCUT2D eigenvalue weighted by atomic mass is 9.80. The third-order valence-corrected chi connectivity index (χ3v) is 8.07. The molecule has 2 aromatic heterocycles. The first-order chi connectivity index (χ1) is 21.2. The molecule has 2 fully saturated rings. The first-order valence-electron chi connectivity index (χ1n) is 14.9. The molecule has 2 aromatic carbocycles. The zero-order chi connectivity index (χ0) is 31.5. The lowest BCUT2D eigenvalue weighted by Crippen LogP contribution is -2.29. The molecular formula is C32H38BBrF2N6O2. The van der Waals surface area contributed by atoms with Crippen LogP contribution in [-0.4, -0.2) is 49.2 Å². The average Bonchev–Trinajstić information content (AvgIpc) is 3.72. The topological polar surface area (TPSA) is 116 Å². The molecule has 0 amide bonds. The predicted octanol–water partition coefficient (Wildman–Crippen LogP) is 6.35. The number of aromatic nitrogens is 4. The summed E-state index contributed by atoms with van der Waals surface area (Å²) in [5, 5.41) is 24.1. The monoisotopic (exact) mass is 666 g/mol. The number of hydrogen-bond donors (Lipinski definition) is 4. The second-order valence-corrected chi connectivity index (χ2v) is 11.8. The van der Waals surface area contributed by atoms with Crippen LogP contribution in [0.1, 0.15) is 63.0 Å². The highest BCUT2D eigenvalue weighted by Crippen LogP contribution is 2.29. The van der Waals surface area contributed by atoms with E-state index in [0.29, 0.717) is 17.5 Å². The summed E-state index contributed by atoms with van der Waals surface area (Å²) in [7, 11) is -1.51. The summed E-state index contributed by atoms with van der Waals surface area (Å²) in [6.45, 7) is 3.79. The van der Waals surface area contributed by atoms with Crippen molar-refractivity contribution in [2.45, 2.75) is 77.3 Å². The molecule has 12 heteroatoms. The molecule has 4 N–H and O–H groups in total. The molecule has 8 nitrogen and oxygen atoms in total. The minimum absolute atomic E-state index is 0.230. The van der Waals surface area contributed by atoms with E-state index in [2.05, 4.69) is 46.5 Å². The smallest absolute Gasteiger partial charge is 0.423 e. The van der Waals surface area contributed by atoms with Gasteiger partial charge in [0.1, 0.15) is 34.9 Å². The molecule has 232 valence electrons. The Morgan fingerprint density at radius 3 is 1.68 bits per heavy atom. The van der Waals surface area contributed by atoms with Crippen molar-refractivity contribution in [2.24, 2.45) is 0 Å². The molecule has 0 aliphatic heterocycles. The highest BCUT2D eigenvalue weighted by atomic mass is 79.9. The van der Waals surface area contributed by atoms with Crippen molar-refractivity contribution in [1.82, 2.24) is 19.9 Å². The molecule has 0 spiro atoms. The maximum Gasteiger partial charge on any atom is 0.488 e. The van der Waals surface area contributed by atoms with E-state index < -0.39 is 7.12 Å². The SMILES string of the molecule is Cc1ncc(-c2ccc(F)cc2)c(NC2CCCC2)n1.Cc1ncc(Br)c(NC2CCCC2)n1.OB(O)c1ccc(F)cc1. The molecular weight excluding hydrogens is 629 g/mol. The van der Waals surface area contributed by atoms with Crippen molar-refractivity contribution in [3.8, 4) is 11.1 Å². The van der Waals surface area contributed by atoms with Gasteiger partial charge in [-0.25, -0.2) is 28.7 Å². The standard InChI is InChI=1S/C16H18FN3.C10H14BrN3.C6H6BFO2/c1-11-18-10-15(12-6-8-13(17)9-7-12)16(19-11)20-14-4-2-3-5-14;1-7-12-6-9(11)10(13-7)14-8-4-2-3-5-8;8-6-3-1-5(2-4-6)7(9)10/h6-10,14H,2-5H2,1H3,(H,18,19,20);6,8H,2-5H2,1H3,(H,12,13,14);1-4,9-10H. The second-order valence-electron chi connectivity index (χ2n) is 11.0.